The van der Waals surface area contributed by atoms with Gasteiger partial charge < -0.3 is 10.2 Å². The zero-order valence-electron chi connectivity index (χ0n) is 19.0. The number of carbonyl (C=O) groups excluding carboxylic acids is 1. The van der Waals surface area contributed by atoms with Crippen LogP contribution in [0.5, 0.6) is 0 Å². The van der Waals surface area contributed by atoms with Crippen LogP contribution in [-0.2, 0) is 21.2 Å². The lowest BCUT2D eigenvalue weighted by molar-refractivity contribution is -0.126. The second kappa shape index (κ2) is 9.63. The van der Waals surface area contributed by atoms with Crippen LogP contribution in [0.4, 0.5) is 5.69 Å². The van der Waals surface area contributed by atoms with E-state index in [0.717, 1.165) is 31.4 Å². The number of nitrogens with zero attached hydrogens (tertiary/aromatic N) is 2. The Labute approximate surface area is 191 Å². The van der Waals surface area contributed by atoms with E-state index in [0.29, 0.717) is 30.4 Å². The standard InChI is InChI=1S/C25H33N3O3S/c1-19-10-12-23(13-11-19)32(30,31)27-15-5-8-22(18-27)25(29)26-14-6-16-28-20(2)17-21-7-3-4-9-24(21)28/h3-4,7,9-13,20,22H,5-6,8,14-18H2,1-2H3,(H,26,29). The number of para-hydroxylation sites is 1. The fourth-order valence-electron chi connectivity index (χ4n) is 4.81. The van der Waals surface area contributed by atoms with Crippen molar-refractivity contribution < 1.29 is 13.2 Å². The number of rotatable bonds is 7. The van der Waals surface area contributed by atoms with Crippen molar-refractivity contribution >= 4 is 21.6 Å². The van der Waals surface area contributed by atoms with E-state index in [1.807, 2.05) is 6.92 Å². The van der Waals surface area contributed by atoms with Crippen LogP contribution >= 0.6 is 0 Å². The number of sulfonamides is 1. The number of amides is 1. The van der Waals surface area contributed by atoms with Crippen LogP contribution in [0.25, 0.3) is 0 Å². The molecule has 1 N–H and O–H groups in total. The van der Waals surface area contributed by atoms with Gasteiger partial charge in [0.05, 0.1) is 10.8 Å². The van der Waals surface area contributed by atoms with E-state index in [4.69, 9.17) is 0 Å². The average Bonchev–Trinajstić information content (AvgIpc) is 3.12. The summed E-state index contributed by atoms with van der Waals surface area (Å²) >= 11 is 0. The second-order valence-corrected chi connectivity index (χ2v) is 11.0. The monoisotopic (exact) mass is 455 g/mol. The van der Waals surface area contributed by atoms with Crippen molar-refractivity contribution in [3.63, 3.8) is 0 Å². The van der Waals surface area contributed by atoms with Crippen molar-refractivity contribution in [3.05, 3.63) is 59.7 Å². The molecule has 172 valence electrons. The molecule has 0 radical (unpaired) electrons. The number of anilines is 1. The first-order valence-electron chi connectivity index (χ1n) is 11.6. The fourth-order valence-corrected chi connectivity index (χ4v) is 6.33. The van der Waals surface area contributed by atoms with Crippen LogP contribution in [0, 0.1) is 12.8 Å². The lowest BCUT2D eigenvalue weighted by atomic mass is 9.99. The predicted molar refractivity (Wildman–Crippen MR) is 127 cm³/mol. The molecule has 32 heavy (non-hydrogen) atoms. The topological polar surface area (TPSA) is 69.7 Å². The molecule has 0 bridgehead atoms. The summed E-state index contributed by atoms with van der Waals surface area (Å²) < 4.78 is 27.5. The molecule has 2 aliphatic heterocycles. The Hall–Kier alpha value is -2.38. The molecule has 0 spiro atoms. The maximum absolute atomic E-state index is 13.0. The smallest absolute Gasteiger partial charge is 0.243 e. The fraction of sp³-hybridized carbons (Fsp3) is 0.480. The highest BCUT2D eigenvalue weighted by Crippen LogP contribution is 2.31. The van der Waals surface area contributed by atoms with Gasteiger partial charge in [-0.3, -0.25) is 4.79 Å². The third kappa shape index (κ3) is 4.84. The van der Waals surface area contributed by atoms with E-state index in [1.54, 1.807) is 24.3 Å². The summed E-state index contributed by atoms with van der Waals surface area (Å²) in [6.45, 7) is 6.39. The third-order valence-electron chi connectivity index (χ3n) is 6.64. The molecule has 2 aromatic carbocycles. The van der Waals surface area contributed by atoms with Gasteiger partial charge >= 0.3 is 0 Å². The largest absolute Gasteiger partial charge is 0.368 e. The van der Waals surface area contributed by atoms with Crippen LogP contribution in [0.2, 0.25) is 0 Å². The Kier molecular flexibility index (Phi) is 6.86. The molecule has 2 aliphatic rings. The molecule has 2 unspecified atom stereocenters. The number of nitrogens with one attached hydrogen (secondary N) is 1. The highest BCUT2D eigenvalue weighted by Gasteiger charge is 2.33. The predicted octanol–water partition coefficient (Wildman–Crippen LogP) is 3.35. The van der Waals surface area contributed by atoms with E-state index < -0.39 is 10.0 Å². The van der Waals surface area contributed by atoms with Gasteiger partial charge in [0.25, 0.3) is 0 Å². The second-order valence-electron chi connectivity index (χ2n) is 9.04. The van der Waals surface area contributed by atoms with E-state index in [1.165, 1.54) is 15.6 Å². The molecule has 6 nitrogen and oxygen atoms in total. The molecule has 1 fully saturated rings. The molecule has 2 aromatic rings. The van der Waals surface area contributed by atoms with Gasteiger partial charge in [-0.15, -0.1) is 0 Å². The van der Waals surface area contributed by atoms with Crippen molar-refractivity contribution in [3.8, 4) is 0 Å². The van der Waals surface area contributed by atoms with Crippen molar-refractivity contribution in [2.75, 3.05) is 31.1 Å². The van der Waals surface area contributed by atoms with Crippen molar-refractivity contribution in [1.82, 2.24) is 9.62 Å². The minimum atomic E-state index is -3.57. The highest BCUT2D eigenvalue weighted by atomic mass is 32.2. The van der Waals surface area contributed by atoms with E-state index in [2.05, 4.69) is 41.4 Å². The Bertz CT molecular complexity index is 1050. The maximum Gasteiger partial charge on any atom is 0.243 e. The number of hydrogen-bond donors (Lipinski definition) is 1. The lowest BCUT2D eigenvalue weighted by Crippen LogP contribution is -2.45. The first-order valence-corrected chi connectivity index (χ1v) is 13.0. The van der Waals surface area contributed by atoms with E-state index >= 15 is 0 Å². The lowest BCUT2D eigenvalue weighted by Gasteiger charge is -2.31. The van der Waals surface area contributed by atoms with Crippen LogP contribution in [0.15, 0.2) is 53.4 Å². The molecular weight excluding hydrogens is 422 g/mol. The molecule has 4 rings (SSSR count). The van der Waals surface area contributed by atoms with Gasteiger partial charge in [-0.25, -0.2) is 8.42 Å². The van der Waals surface area contributed by atoms with Gasteiger partial charge in [-0.2, -0.15) is 4.31 Å². The summed E-state index contributed by atoms with van der Waals surface area (Å²) in [4.78, 5) is 15.5. The average molecular weight is 456 g/mol. The first kappa shape index (κ1) is 22.8. The molecule has 0 aromatic heterocycles. The summed E-state index contributed by atoms with van der Waals surface area (Å²) in [6, 6.07) is 15.9. The Morgan fingerprint density at radius 1 is 1.12 bits per heavy atom. The number of benzene rings is 2. The van der Waals surface area contributed by atoms with Gasteiger partial charge in [0, 0.05) is 37.9 Å². The van der Waals surface area contributed by atoms with Crippen LogP contribution < -0.4 is 10.2 Å². The van der Waals surface area contributed by atoms with Gasteiger partial charge in [-0.05, 0) is 63.3 Å². The number of piperidine rings is 1. The minimum absolute atomic E-state index is 0.0383. The maximum atomic E-state index is 13.0. The summed E-state index contributed by atoms with van der Waals surface area (Å²) in [6.07, 6.45) is 3.35. The van der Waals surface area contributed by atoms with E-state index in [9.17, 15) is 13.2 Å². The van der Waals surface area contributed by atoms with Crippen molar-refractivity contribution in [2.24, 2.45) is 5.92 Å². The Balaban J connectivity index is 1.28. The summed E-state index contributed by atoms with van der Waals surface area (Å²) in [5, 5.41) is 3.05. The molecule has 2 heterocycles. The SMILES string of the molecule is Cc1ccc(S(=O)(=O)N2CCCC(C(=O)NCCCN3c4ccccc4CC3C)C2)cc1. The number of hydrogen-bond acceptors (Lipinski definition) is 4. The van der Waals surface area contributed by atoms with Crippen molar-refractivity contribution in [1.29, 1.82) is 0 Å². The van der Waals surface area contributed by atoms with Crippen LogP contribution in [-0.4, -0.2) is 50.9 Å². The Morgan fingerprint density at radius 2 is 1.88 bits per heavy atom. The first-order chi connectivity index (χ1) is 15.4. The molecule has 7 heteroatoms. The molecule has 2 atom stereocenters. The summed E-state index contributed by atoms with van der Waals surface area (Å²) in [5.74, 6) is -0.334. The van der Waals surface area contributed by atoms with Gasteiger partial charge in [0.1, 0.15) is 0 Å². The van der Waals surface area contributed by atoms with Crippen LogP contribution in [0.1, 0.15) is 37.3 Å². The molecule has 1 saturated heterocycles. The summed E-state index contributed by atoms with van der Waals surface area (Å²) in [7, 11) is -3.57. The molecule has 0 saturated carbocycles. The van der Waals surface area contributed by atoms with E-state index in [-0.39, 0.29) is 18.4 Å². The molecular formula is C25H33N3O3S. The van der Waals surface area contributed by atoms with Gasteiger partial charge in [0.2, 0.25) is 15.9 Å². The summed E-state index contributed by atoms with van der Waals surface area (Å²) in [5.41, 5.74) is 3.71. The van der Waals surface area contributed by atoms with Crippen LogP contribution in [0.3, 0.4) is 0 Å². The van der Waals surface area contributed by atoms with Gasteiger partial charge in [0.15, 0.2) is 0 Å². The van der Waals surface area contributed by atoms with Crippen molar-refractivity contribution in [2.45, 2.75) is 50.5 Å². The van der Waals surface area contributed by atoms with Gasteiger partial charge in [-0.1, -0.05) is 35.9 Å². The third-order valence-corrected chi connectivity index (χ3v) is 8.52. The minimum Gasteiger partial charge on any atom is -0.368 e. The normalized spacial score (nSPS) is 21.4. The quantitative estimate of drug-likeness (QED) is 0.650. The highest BCUT2D eigenvalue weighted by molar-refractivity contribution is 7.89. The Morgan fingerprint density at radius 3 is 2.66 bits per heavy atom. The molecule has 1 amide bonds. The number of fused-ring (bicyclic) bond motifs is 1. The molecule has 0 aliphatic carbocycles. The zero-order valence-corrected chi connectivity index (χ0v) is 19.8. The number of aryl methyl sites for hydroxylation is 1. The number of carbonyl (C=O) groups is 1. The zero-order chi connectivity index (χ0) is 22.7.